The second-order valence-corrected chi connectivity index (χ2v) is 11.8. The lowest BCUT2D eigenvalue weighted by molar-refractivity contribution is 0.0730. The van der Waals surface area contributed by atoms with Gasteiger partial charge in [-0.25, -0.2) is 21.6 Å². The molecule has 0 aliphatic carbocycles. The smallest absolute Gasteiger partial charge is 0.243 e. The van der Waals surface area contributed by atoms with E-state index < -0.39 is 20.0 Å². The summed E-state index contributed by atoms with van der Waals surface area (Å²) in [6, 6.07) is 5.40. The molecule has 172 valence electrons. The maximum absolute atomic E-state index is 12.6. The fourth-order valence-electron chi connectivity index (χ4n) is 4.12. The van der Waals surface area contributed by atoms with E-state index in [0.29, 0.717) is 51.2 Å². The van der Waals surface area contributed by atoms with E-state index in [1.165, 1.54) is 35.0 Å². The maximum atomic E-state index is 12.6. The molecule has 2 aliphatic heterocycles. The Morgan fingerprint density at radius 3 is 2.07 bits per heavy atom. The lowest BCUT2D eigenvalue weighted by atomic mass is 9.92. The maximum Gasteiger partial charge on any atom is 0.243 e. The number of likely N-dealkylation sites (tertiary alicyclic amines) is 1. The summed E-state index contributed by atoms with van der Waals surface area (Å²) in [5.74, 6) is 1.24. The third-order valence-corrected chi connectivity index (χ3v) is 8.80. The van der Waals surface area contributed by atoms with Crippen LogP contribution in [-0.4, -0.2) is 78.5 Å². The van der Waals surface area contributed by atoms with Crippen molar-refractivity contribution < 1.29 is 21.6 Å². The van der Waals surface area contributed by atoms with Crippen molar-refractivity contribution in [3.05, 3.63) is 24.3 Å². The zero-order valence-corrected chi connectivity index (χ0v) is 19.9. The first-order valence-corrected chi connectivity index (χ1v) is 13.0. The van der Waals surface area contributed by atoms with Crippen molar-refractivity contribution in [1.82, 2.24) is 13.9 Å². The highest BCUT2D eigenvalue weighted by Gasteiger charge is 2.27. The Labute approximate surface area is 186 Å². The second-order valence-electron chi connectivity index (χ2n) is 8.09. The number of nitrogens with one attached hydrogen (secondary N) is 1. The molecule has 8 nitrogen and oxygen atoms in total. The minimum atomic E-state index is -3.68. The molecule has 0 saturated carbocycles. The van der Waals surface area contributed by atoms with Gasteiger partial charge in [-0.1, -0.05) is 13.8 Å². The molecule has 3 rings (SSSR count). The quantitative estimate of drug-likeness (QED) is 0.632. The van der Waals surface area contributed by atoms with Crippen LogP contribution < -0.4 is 4.72 Å². The molecule has 2 fully saturated rings. The highest BCUT2D eigenvalue weighted by molar-refractivity contribution is 7.89. The van der Waals surface area contributed by atoms with Crippen molar-refractivity contribution in [2.24, 2.45) is 11.8 Å². The van der Waals surface area contributed by atoms with Gasteiger partial charge in [0.15, 0.2) is 0 Å². The number of rotatable bonds is 7. The zero-order valence-electron chi connectivity index (χ0n) is 17.5. The summed E-state index contributed by atoms with van der Waals surface area (Å²) >= 11 is 0. The standard InChI is InChI=1S/C19H31N3O5S2.ClH/c1-16-13-17(2)15-21(14-16)8-7-20-28(23,24)18-3-5-19(6-4-18)29(25,26)22-9-11-27-12-10-22;/h3-6,16-17,20H,7-15H2,1-2H3;1H. The van der Waals surface area contributed by atoms with Gasteiger partial charge in [0.25, 0.3) is 0 Å². The monoisotopic (exact) mass is 481 g/mol. The number of halogens is 1. The molecule has 2 unspecified atom stereocenters. The Bertz CT molecular complexity index is 877. The second kappa shape index (κ2) is 10.7. The highest BCUT2D eigenvalue weighted by Crippen LogP contribution is 2.21. The number of hydrogen-bond donors (Lipinski definition) is 1. The van der Waals surface area contributed by atoms with Crippen LogP contribution in [0, 0.1) is 11.8 Å². The summed E-state index contributed by atoms with van der Waals surface area (Å²) in [6.45, 7) is 8.75. The fraction of sp³-hybridized carbons (Fsp3) is 0.684. The SMILES string of the molecule is CC1CC(C)CN(CCNS(=O)(=O)c2ccc(S(=O)(=O)N3CCOCC3)cc2)C1.Cl. The van der Waals surface area contributed by atoms with E-state index in [2.05, 4.69) is 23.5 Å². The van der Waals surface area contributed by atoms with Crippen molar-refractivity contribution in [3.63, 3.8) is 0 Å². The predicted octanol–water partition coefficient (Wildman–Crippen LogP) is 1.39. The van der Waals surface area contributed by atoms with Gasteiger partial charge in [-0.05, 0) is 42.5 Å². The molecule has 1 aromatic carbocycles. The molecule has 0 bridgehead atoms. The molecular formula is C19H32ClN3O5S2. The minimum Gasteiger partial charge on any atom is -0.379 e. The summed E-state index contributed by atoms with van der Waals surface area (Å²) in [5.41, 5.74) is 0. The first-order valence-electron chi connectivity index (χ1n) is 10.1. The fourth-order valence-corrected chi connectivity index (χ4v) is 6.55. The lowest BCUT2D eigenvalue weighted by Crippen LogP contribution is -2.42. The molecule has 2 atom stereocenters. The molecule has 0 amide bonds. The zero-order chi connectivity index (χ0) is 21.1. The first-order chi connectivity index (χ1) is 13.7. The average molecular weight is 482 g/mol. The van der Waals surface area contributed by atoms with Crippen LogP contribution in [0.4, 0.5) is 0 Å². The van der Waals surface area contributed by atoms with Gasteiger partial charge in [-0.15, -0.1) is 12.4 Å². The van der Waals surface area contributed by atoms with Gasteiger partial charge in [-0.3, -0.25) is 0 Å². The average Bonchev–Trinajstić information content (AvgIpc) is 2.68. The largest absolute Gasteiger partial charge is 0.379 e. The number of sulfonamides is 2. The van der Waals surface area contributed by atoms with Crippen molar-refractivity contribution in [1.29, 1.82) is 0 Å². The van der Waals surface area contributed by atoms with Crippen LogP contribution in [0.15, 0.2) is 34.1 Å². The molecular weight excluding hydrogens is 450 g/mol. The first kappa shape index (κ1) is 25.5. The third kappa shape index (κ3) is 6.38. The summed E-state index contributed by atoms with van der Waals surface area (Å²) in [5, 5.41) is 0. The molecule has 0 radical (unpaired) electrons. The number of nitrogens with zero attached hydrogens (tertiary/aromatic N) is 2. The highest BCUT2D eigenvalue weighted by atomic mass is 35.5. The van der Waals surface area contributed by atoms with Gasteiger partial charge >= 0.3 is 0 Å². The van der Waals surface area contributed by atoms with E-state index in [0.717, 1.165) is 13.1 Å². The van der Waals surface area contributed by atoms with Crippen LogP contribution in [0.25, 0.3) is 0 Å². The van der Waals surface area contributed by atoms with E-state index in [1.54, 1.807) is 0 Å². The summed E-state index contributed by atoms with van der Waals surface area (Å²) < 4.78 is 59.6. The van der Waals surface area contributed by atoms with Crippen LogP contribution in [0.5, 0.6) is 0 Å². The molecule has 0 aromatic heterocycles. The van der Waals surface area contributed by atoms with Crippen molar-refractivity contribution in [3.8, 4) is 0 Å². The Balaban J connectivity index is 0.00000320. The van der Waals surface area contributed by atoms with Crippen LogP contribution in [0.2, 0.25) is 0 Å². The molecule has 2 heterocycles. The Kier molecular flexibility index (Phi) is 9.11. The number of benzene rings is 1. The van der Waals surface area contributed by atoms with Crippen LogP contribution in [-0.2, 0) is 24.8 Å². The normalized spacial score (nSPS) is 24.3. The summed E-state index contributed by atoms with van der Waals surface area (Å²) in [4.78, 5) is 2.45. The van der Waals surface area contributed by atoms with E-state index >= 15 is 0 Å². The van der Waals surface area contributed by atoms with Crippen molar-refractivity contribution >= 4 is 32.5 Å². The number of piperidine rings is 1. The van der Waals surface area contributed by atoms with E-state index in [4.69, 9.17) is 4.74 Å². The van der Waals surface area contributed by atoms with Gasteiger partial charge in [-0.2, -0.15) is 4.31 Å². The summed E-state index contributed by atoms with van der Waals surface area (Å²) in [6.07, 6.45) is 1.21. The van der Waals surface area contributed by atoms with Crippen molar-refractivity contribution in [2.75, 3.05) is 52.5 Å². The molecule has 11 heteroatoms. The van der Waals surface area contributed by atoms with Gasteiger partial charge in [0.1, 0.15) is 0 Å². The number of hydrogen-bond acceptors (Lipinski definition) is 6. The van der Waals surface area contributed by atoms with Crippen LogP contribution in [0.3, 0.4) is 0 Å². The van der Waals surface area contributed by atoms with Gasteiger partial charge < -0.3 is 9.64 Å². The summed E-state index contributed by atoms with van der Waals surface area (Å²) in [7, 11) is -7.32. The molecule has 30 heavy (non-hydrogen) atoms. The Morgan fingerprint density at radius 2 is 1.50 bits per heavy atom. The minimum absolute atomic E-state index is 0. The molecule has 1 aromatic rings. The Hall–Kier alpha value is -0.750. The van der Waals surface area contributed by atoms with E-state index in [1.807, 2.05) is 0 Å². The number of ether oxygens (including phenoxy) is 1. The van der Waals surface area contributed by atoms with Gasteiger partial charge in [0.2, 0.25) is 20.0 Å². The topological polar surface area (TPSA) is 96.0 Å². The molecule has 0 spiro atoms. The van der Waals surface area contributed by atoms with Gasteiger partial charge in [0, 0.05) is 39.3 Å². The predicted molar refractivity (Wildman–Crippen MR) is 118 cm³/mol. The van der Waals surface area contributed by atoms with E-state index in [9.17, 15) is 16.8 Å². The molecule has 1 N–H and O–H groups in total. The number of morpholine rings is 1. The Morgan fingerprint density at radius 1 is 0.967 bits per heavy atom. The third-order valence-electron chi connectivity index (χ3n) is 5.41. The molecule has 2 saturated heterocycles. The van der Waals surface area contributed by atoms with Crippen LogP contribution in [0.1, 0.15) is 20.3 Å². The van der Waals surface area contributed by atoms with E-state index in [-0.39, 0.29) is 22.2 Å². The van der Waals surface area contributed by atoms with Crippen molar-refractivity contribution in [2.45, 2.75) is 30.1 Å². The lowest BCUT2D eigenvalue weighted by Gasteiger charge is -2.34. The van der Waals surface area contributed by atoms with Crippen LogP contribution >= 0.6 is 12.4 Å². The van der Waals surface area contributed by atoms with Gasteiger partial charge in [0.05, 0.1) is 23.0 Å². The molecule has 2 aliphatic rings.